The molecule has 1 heterocycles. The van der Waals surface area contributed by atoms with Crippen LogP contribution in [0.25, 0.3) is 0 Å². The highest BCUT2D eigenvalue weighted by molar-refractivity contribution is 9.10. The van der Waals surface area contributed by atoms with Gasteiger partial charge in [-0.15, -0.1) is 5.10 Å². The lowest BCUT2D eigenvalue weighted by atomic mass is 10.1. The minimum absolute atomic E-state index is 0.00555. The second kappa shape index (κ2) is 6.60. The summed E-state index contributed by atoms with van der Waals surface area (Å²) in [4.78, 5) is 12.7. The summed E-state index contributed by atoms with van der Waals surface area (Å²) in [5, 5.41) is 7.24. The molecule has 1 aromatic carbocycles. The summed E-state index contributed by atoms with van der Waals surface area (Å²) in [6, 6.07) is 5.98. The van der Waals surface area contributed by atoms with Crippen molar-refractivity contribution in [1.82, 2.24) is 14.8 Å². The van der Waals surface area contributed by atoms with Gasteiger partial charge in [0.1, 0.15) is 0 Å². The maximum Gasteiger partial charge on any atom is 0.343 e. The minimum atomic E-state index is -0.169. The second-order valence-corrected chi connectivity index (χ2v) is 6.41. The molecule has 1 aromatic heterocycles. The van der Waals surface area contributed by atoms with Gasteiger partial charge in [-0.25, -0.2) is 9.89 Å². The van der Waals surface area contributed by atoms with E-state index in [0.29, 0.717) is 11.7 Å². The van der Waals surface area contributed by atoms with E-state index < -0.39 is 0 Å². The molecule has 7 heteroatoms. The van der Waals surface area contributed by atoms with Crippen LogP contribution < -0.4 is 11.4 Å². The number of nitrogens with one attached hydrogen (secondary N) is 1. The van der Waals surface area contributed by atoms with Gasteiger partial charge in [0.25, 0.3) is 0 Å². The molecule has 0 fully saturated rings. The Labute approximate surface area is 130 Å². The van der Waals surface area contributed by atoms with Crippen molar-refractivity contribution in [3.05, 3.63) is 38.7 Å². The summed E-state index contributed by atoms with van der Waals surface area (Å²) in [7, 11) is 0. The predicted octanol–water partition coefficient (Wildman–Crippen LogP) is 2.91. The lowest BCUT2D eigenvalue weighted by Gasteiger charge is -2.09. The largest absolute Gasteiger partial charge is 0.343 e. The summed E-state index contributed by atoms with van der Waals surface area (Å²) in [5.41, 5.74) is 6.76. The van der Waals surface area contributed by atoms with Gasteiger partial charge in [0.15, 0.2) is 5.16 Å². The standard InChI is InChI=1S/C13H17BrN4OS/c1-3-6-18-12(19)16-17-13(18)20-11-5-4-9(8(2)15)7-10(11)14/h4-5,7-8H,3,6,15H2,1-2H3,(H,16,19). The molecule has 2 rings (SSSR count). The molecule has 1 atom stereocenters. The van der Waals surface area contributed by atoms with Crippen LogP contribution in [0.3, 0.4) is 0 Å². The highest BCUT2D eigenvalue weighted by Crippen LogP contribution is 2.33. The summed E-state index contributed by atoms with van der Waals surface area (Å²) in [6.45, 7) is 4.63. The molecule has 0 saturated carbocycles. The van der Waals surface area contributed by atoms with E-state index in [0.717, 1.165) is 21.4 Å². The smallest absolute Gasteiger partial charge is 0.324 e. The van der Waals surface area contributed by atoms with Crippen LogP contribution in [0.1, 0.15) is 31.9 Å². The first kappa shape index (κ1) is 15.3. The summed E-state index contributed by atoms with van der Waals surface area (Å²) in [6.07, 6.45) is 0.887. The number of rotatable bonds is 5. The quantitative estimate of drug-likeness (QED) is 0.863. The molecular weight excluding hydrogens is 340 g/mol. The fourth-order valence-electron chi connectivity index (χ4n) is 1.78. The van der Waals surface area contributed by atoms with Gasteiger partial charge in [0.2, 0.25) is 0 Å². The SMILES string of the molecule is CCCn1c(Sc2ccc(C(C)N)cc2Br)n[nH]c1=O. The third kappa shape index (κ3) is 3.34. The first-order chi connectivity index (χ1) is 9.52. The molecule has 108 valence electrons. The van der Waals surface area contributed by atoms with Crippen LogP contribution in [0.2, 0.25) is 0 Å². The van der Waals surface area contributed by atoms with Gasteiger partial charge in [-0.2, -0.15) is 0 Å². The number of aromatic amines is 1. The van der Waals surface area contributed by atoms with Crippen LogP contribution in [0.4, 0.5) is 0 Å². The molecule has 0 aliphatic rings. The molecule has 20 heavy (non-hydrogen) atoms. The lowest BCUT2D eigenvalue weighted by Crippen LogP contribution is -2.17. The van der Waals surface area contributed by atoms with Crippen LogP contribution in [0, 0.1) is 0 Å². The first-order valence-corrected chi connectivity index (χ1v) is 8.02. The van der Waals surface area contributed by atoms with Crippen molar-refractivity contribution in [1.29, 1.82) is 0 Å². The van der Waals surface area contributed by atoms with Crippen molar-refractivity contribution in [2.75, 3.05) is 0 Å². The van der Waals surface area contributed by atoms with E-state index in [9.17, 15) is 4.79 Å². The Morgan fingerprint density at radius 3 is 2.90 bits per heavy atom. The molecule has 0 radical (unpaired) electrons. The lowest BCUT2D eigenvalue weighted by molar-refractivity contribution is 0.604. The highest BCUT2D eigenvalue weighted by atomic mass is 79.9. The first-order valence-electron chi connectivity index (χ1n) is 6.41. The maximum absolute atomic E-state index is 11.7. The van der Waals surface area contributed by atoms with Crippen LogP contribution in [-0.4, -0.2) is 14.8 Å². The number of aromatic nitrogens is 3. The third-order valence-corrected chi connectivity index (χ3v) is 4.84. The molecule has 0 bridgehead atoms. The second-order valence-electron chi connectivity index (χ2n) is 4.54. The molecule has 0 saturated heterocycles. The van der Waals surface area contributed by atoms with Gasteiger partial charge < -0.3 is 5.73 Å². The van der Waals surface area contributed by atoms with E-state index in [4.69, 9.17) is 5.73 Å². The molecule has 5 nitrogen and oxygen atoms in total. The number of hydrogen-bond acceptors (Lipinski definition) is 4. The van der Waals surface area contributed by atoms with Crippen molar-refractivity contribution in [3.8, 4) is 0 Å². The Balaban J connectivity index is 2.28. The van der Waals surface area contributed by atoms with Crippen molar-refractivity contribution in [2.24, 2.45) is 5.73 Å². The number of halogens is 1. The molecular formula is C13H17BrN4OS. The van der Waals surface area contributed by atoms with Crippen molar-refractivity contribution in [2.45, 2.75) is 42.9 Å². The van der Waals surface area contributed by atoms with Gasteiger partial charge in [-0.1, -0.05) is 13.0 Å². The van der Waals surface area contributed by atoms with Crippen LogP contribution in [-0.2, 0) is 6.54 Å². The Morgan fingerprint density at radius 1 is 1.55 bits per heavy atom. The predicted molar refractivity (Wildman–Crippen MR) is 84.0 cm³/mol. The van der Waals surface area contributed by atoms with Gasteiger partial charge in [0.05, 0.1) is 0 Å². The fraction of sp³-hybridized carbons (Fsp3) is 0.385. The van der Waals surface area contributed by atoms with Gasteiger partial charge in [-0.3, -0.25) is 4.57 Å². The Kier molecular flexibility index (Phi) is 5.06. The molecule has 0 aliphatic heterocycles. The van der Waals surface area contributed by atoms with Crippen LogP contribution >= 0.6 is 27.7 Å². The Hall–Kier alpha value is -1.05. The van der Waals surface area contributed by atoms with Crippen LogP contribution in [0.5, 0.6) is 0 Å². The van der Waals surface area contributed by atoms with Crippen LogP contribution in [0.15, 0.2) is 37.5 Å². The zero-order valence-electron chi connectivity index (χ0n) is 11.4. The average molecular weight is 357 g/mol. The molecule has 2 aromatic rings. The monoisotopic (exact) mass is 356 g/mol. The molecule has 3 N–H and O–H groups in total. The number of hydrogen-bond donors (Lipinski definition) is 2. The molecule has 0 aliphatic carbocycles. The maximum atomic E-state index is 11.7. The van der Waals surface area contributed by atoms with Gasteiger partial charge >= 0.3 is 5.69 Å². The fourth-order valence-corrected chi connectivity index (χ4v) is 3.29. The highest BCUT2D eigenvalue weighted by Gasteiger charge is 2.12. The van der Waals surface area contributed by atoms with E-state index in [1.165, 1.54) is 11.8 Å². The molecule has 0 amide bonds. The van der Waals surface area contributed by atoms with E-state index in [2.05, 4.69) is 26.1 Å². The summed E-state index contributed by atoms with van der Waals surface area (Å²) < 4.78 is 2.60. The summed E-state index contributed by atoms with van der Waals surface area (Å²) in [5.74, 6) is 0. The normalized spacial score (nSPS) is 12.6. The Morgan fingerprint density at radius 2 is 2.30 bits per heavy atom. The van der Waals surface area contributed by atoms with Gasteiger partial charge in [-0.05, 0) is 58.7 Å². The third-order valence-electron chi connectivity index (χ3n) is 2.85. The van der Waals surface area contributed by atoms with E-state index >= 15 is 0 Å². The zero-order valence-corrected chi connectivity index (χ0v) is 13.8. The average Bonchev–Trinajstić information content (AvgIpc) is 2.74. The number of benzene rings is 1. The van der Waals surface area contributed by atoms with E-state index in [1.54, 1.807) is 4.57 Å². The molecule has 0 spiro atoms. The molecule has 1 unspecified atom stereocenters. The number of nitrogens with two attached hydrogens (primary N) is 1. The zero-order chi connectivity index (χ0) is 14.7. The topological polar surface area (TPSA) is 76.7 Å². The number of nitrogens with zero attached hydrogens (tertiary/aromatic N) is 2. The summed E-state index contributed by atoms with van der Waals surface area (Å²) >= 11 is 5.00. The van der Waals surface area contributed by atoms with E-state index in [1.807, 2.05) is 32.0 Å². The number of H-pyrrole nitrogens is 1. The van der Waals surface area contributed by atoms with Crippen molar-refractivity contribution < 1.29 is 0 Å². The minimum Gasteiger partial charge on any atom is -0.324 e. The van der Waals surface area contributed by atoms with Crippen molar-refractivity contribution >= 4 is 27.7 Å². The Bertz CT molecular complexity index is 650. The van der Waals surface area contributed by atoms with Gasteiger partial charge in [0, 0.05) is 22.0 Å². The van der Waals surface area contributed by atoms with E-state index in [-0.39, 0.29) is 11.7 Å². The van der Waals surface area contributed by atoms with Crippen molar-refractivity contribution in [3.63, 3.8) is 0 Å².